The van der Waals surface area contributed by atoms with Gasteiger partial charge in [0.15, 0.2) is 0 Å². The second kappa shape index (κ2) is 5.15. The summed E-state index contributed by atoms with van der Waals surface area (Å²) < 4.78 is 0. The van der Waals surface area contributed by atoms with Crippen LogP contribution >= 0.6 is 11.3 Å². The van der Waals surface area contributed by atoms with Gasteiger partial charge in [-0.05, 0) is 35.6 Å². The van der Waals surface area contributed by atoms with Gasteiger partial charge in [-0.15, -0.1) is 11.3 Å². The first-order valence-corrected chi connectivity index (χ1v) is 7.30. The number of nitrogens with one attached hydrogen (secondary N) is 1. The number of amides is 1. The molecule has 3 rings (SSSR count). The predicted molar refractivity (Wildman–Crippen MR) is 78.9 cm³/mol. The molecule has 0 saturated carbocycles. The van der Waals surface area contributed by atoms with Gasteiger partial charge >= 0.3 is 0 Å². The quantitative estimate of drug-likeness (QED) is 0.866. The molecule has 3 nitrogen and oxygen atoms in total. The second-order valence-corrected chi connectivity index (χ2v) is 5.61. The number of carbonyl (C=O) groups excluding carboxylic acids is 1. The molecule has 0 saturated heterocycles. The predicted octanol–water partition coefficient (Wildman–Crippen LogP) is 2.81. The van der Waals surface area contributed by atoms with Crippen molar-refractivity contribution >= 4 is 22.9 Å². The average Bonchev–Trinajstić information content (AvgIpc) is 2.74. The Labute approximate surface area is 116 Å². The third kappa shape index (κ3) is 2.29. The molecular weight excluding hydrogens is 256 g/mol. The van der Waals surface area contributed by atoms with Gasteiger partial charge in [0.05, 0.1) is 4.88 Å². The lowest BCUT2D eigenvalue weighted by Gasteiger charge is -2.22. The van der Waals surface area contributed by atoms with Crippen molar-refractivity contribution in [3.63, 3.8) is 0 Å². The van der Waals surface area contributed by atoms with Gasteiger partial charge in [-0.25, -0.2) is 0 Å². The summed E-state index contributed by atoms with van der Waals surface area (Å²) in [6.07, 6.45) is 0. The van der Waals surface area contributed by atoms with Crippen LogP contribution in [0, 0.1) is 6.92 Å². The number of benzene rings is 1. The van der Waals surface area contributed by atoms with Crippen LogP contribution < -0.4 is 10.2 Å². The molecule has 0 atom stereocenters. The summed E-state index contributed by atoms with van der Waals surface area (Å²) >= 11 is 1.52. The maximum atomic E-state index is 12.7. The largest absolute Gasteiger partial charge is 0.311 e. The fourth-order valence-corrected chi connectivity index (χ4v) is 3.26. The smallest absolute Gasteiger partial charge is 0.268 e. The lowest BCUT2D eigenvalue weighted by Crippen LogP contribution is -2.34. The monoisotopic (exact) mass is 272 g/mol. The van der Waals surface area contributed by atoms with Gasteiger partial charge in [0.2, 0.25) is 0 Å². The maximum Gasteiger partial charge on any atom is 0.268 e. The molecule has 1 amide bonds. The lowest BCUT2D eigenvalue weighted by atomic mass is 10.1. The molecule has 0 unspecified atom stereocenters. The molecule has 2 aromatic rings. The van der Waals surface area contributed by atoms with Crippen LogP contribution in [0.5, 0.6) is 0 Å². The summed E-state index contributed by atoms with van der Waals surface area (Å²) in [4.78, 5) is 15.4. The SMILES string of the molecule is Cc1ccsc1C(=O)N1CCNCc2ccccc21. The zero-order valence-corrected chi connectivity index (χ0v) is 11.7. The molecule has 19 heavy (non-hydrogen) atoms. The molecule has 0 bridgehead atoms. The third-order valence-corrected chi connectivity index (χ3v) is 4.42. The number of anilines is 1. The number of rotatable bonds is 1. The van der Waals surface area contributed by atoms with E-state index in [1.807, 2.05) is 41.5 Å². The molecule has 0 fully saturated rings. The van der Waals surface area contributed by atoms with Gasteiger partial charge in [-0.1, -0.05) is 18.2 Å². The van der Waals surface area contributed by atoms with Crippen molar-refractivity contribution in [1.29, 1.82) is 0 Å². The van der Waals surface area contributed by atoms with Crippen molar-refractivity contribution in [2.24, 2.45) is 0 Å². The number of para-hydroxylation sites is 1. The van der Waals surface area contributed by atoms with Crippen LogP contribution in [0.4, 0.5) is 5.69 Å². The minimum atomic E-state index is 0.114. The van der Waals surface area contributed by atoms with Crippen LogP contribution in [0.25, 0.3) is 0 Å². The Hall–Kier alpha value is -1.65. The lowest BCUT2D eigenvalue weighted by molar-refractivity contribution is 0.0991. The van der Waals surface area contributed by atoms with E-state index < -0.39 is 0 Å². The summed E-state index contributed by atoms with van der Waals surface area (Å²) in [5.41, 5.74) is 3.28. The molecule has 2 heterocycles. The number of hydrogen-bond donors (Lipinski definition) is 1. The zero-order chi connectivity index (χ0) is 13.2. The molecule has 0 spiro atoms. The second-order valence-electron chi connectivity index (χ2n) is 4.70. The highest BCUT2D eigenvalue weighted by molar-refractivity contribution is 7.12. The van der Waals surface area contributed by atoms with Gasteiger partial charge in [-0.2, -0.15) is 0 Å². The number of thiophene rings is 1. The van der Waals surface area contributed by atoms with E-state index in [9.17, 15) is 4.79 Å². The van der Waals surface area contributed by atoms with Crippen molar-refractivity contribution in [2.45, 2.75) is 13.5 Å². The topological polar surface area (TPSA) is 32.3 Å². The molecule has 1 aromatic heterocycles. The third-order valence-electron chi connectivity index (χ3n) is 3.41. The van der Waals surface area contributed by atoms with Gasteiger partial charge in [0, 0.05) is 25.3 Å². The zero-order valence-electron chi connectivity index (χ0n) is 10.8. The number of hydrogen-bond acceptors (Lipinski definition) is 3. The number of aryl methyl sites for hydroxylation is 1. The molecular formula is C15H16N2OS. The fourth-order valence-electron chi connectivity index (χ4n) is 2.38. The Morgan fingerprint density at radius 3 is 2.95 bits per heavy atom. The molecule has 98 valence electrons. The molecule has 1 aliphatic heterocycles. The van der Waals surface area contributed by atoms with Crippen LogP contribution in [-0.4, -0.2) is 19.0 Å². The first-order valence-electron chi connectivity index (χ1n) is 6.42. The Bertz CT molecular complexity index is 606. The van der Waals surface area contributed by atoms with E-state index in [4.69, 9.17) is 0 Å². The van der Waals surface area contributed by atoms with E-state index in [2.05, 4.69) is 11.4 Å². The van der Waals surface area contributed by atoms with Gasteiger partial charge in [0.25, 0.3) is 5.91 Å². The molecule has 4 heteroatoms. The number of fused-ring (bicyclic) bond motifs is 1. The van der Waals surface area contributed by atoms with E-state index in [1.54, 1.807) is 0 Å². The number of nitrogens with zero attached hydrogens (tertiary/aromatic N) is 1. The van der Waals surface area contributed by atoms with Crippen molar-refractivity contribution in [3.05, 3.63) is 51.7 Å². The first kappa shape index (κ1) is 12.4. The van der Waals surface area contributed by atoms with Crippen LogP contribution in [0.2, 0.25) is 0 Å². The normalized spacial score (nSPS) is 14.9. The van der Waals surface area contributed by atoms with E-state index in [-0.39, 0.29) is 5.91 Å². The van der Waals surface area contributed by atoms with Crippen LogP contribution in [0.15, 0.2) is 35.7 Å². The summed E-state index contributed by atoms with van der Waals surface area (Å²) in [6.45, 7) is 4.35. The van der Waals surface area contributed by atoms with Crippen LogP contribution in [-0.2, 0) is 6.54 Å². The minimum Gasteiger partial charge on any atom is -0.311 e. The Morgan fingerprint density at radius 2 is 2.16 bits per heavy atom. The van der Waals surface area contributed by atoms with E-state index in [0.717, 1.165) is 29.2 Å². The average molecular weight is 272 g/mol. The van der Waals surface area contributed by atoms with Gasteiger partial charge < -0.3 is 10.2 Å². The van der Waals surface area contributed by atoms with E-state index >= 15 is 0 Å². The molecule has 0 aliphatic carbocycles. The van der Waals surface area contributed by atoms with Crippen LogP contribution in [0.1, 0.15) is 20.8 Å². The van der Waals surface area contributed by atoms with Crippen molar-refractivity contribution < 1.29 is 4.79 Å². The molecule has 1 N–H and O–H groups in total. The summed E-state index contributed by atoms with van der Waals surface area (Å²) in [5.74, 6) is 0.114. The van der Waals surface area contributed by atoms with Crippen molar-refractivity contribution in [3.8, 4) is 0 Å². The summed E-state index contributed by atoms with van der Waals surface area (Å²) in [6, 6.07) is 10.1. The summed E-state index contributed by atoms with van der Waals surface area (Å²) in [5, 5.41) is 5.33. The maximum absolute atomic E-state index is 12.7. The molecule has 0 radical (unpaired) electrons. The van der Waals surface area contributed by atoms with Gasteiger partial charge in [-0.3, -0.25) is 4.79 Å². The highest BCUT2D eigenvalue weighted by Crippen LogP contribution is 2.26. The Kier molecular flexibility index (Phi) is 3.36. The number of carbonyl (C=O) groups is 1. The first-order chi connectivity index (χ1) is 9.27. The Balaban J connectivity index is 2.01. The van der Waals surface area contributed by atoms with Crippen molar-refractivity contribution in [1.82, 2.24) is 5.32 Å². The van der Waals surface area contributed by atoms with E-state index in [0.29, 0.717) is 6.54 Å². The van der Waals surface area contributed by atoms with E-state index in [1.165, 1.54) is 16.9 Å². The highest BCUT2D eigenvalue weighted by Gasteiger charge is 2.23. The van der Waals surface area contributed by atoms with Gasteiger partial charge in [0.1, 0.15) is 0 Å². The molecule has 1 aliphatic rings. The standard InChI is InChI=1S/C15H16N2OS/c1-11-6-9-19-14(11)15(18)17-8-7-16-10-12-4-2-3-5-13(12)17/h2-6,9,16H,7-8,10H2,1H3. The summed E-state index contributed by atoms with van der Waals surface area (Å²) in [7, 11) is 0. The highest BCUT2D eigenvalue weighted by atomic mass is 32.1. The fraction of sp³-hybridized carbons (Fsp3) is 0.267. The van der Waals surface area contributed by atoms with Crippen LogP contribution in [0.3, 0.4) is 0 Å². The minimum absolute atomic E-state index is 0.114. The molecule has 1 aromatic carbocycles. The van der Waals surface area contributed by atoms with Crippen molar-refractivity contribution in [2.75, 3.05) is 18.0 Å². The Morgan fingerprint density at radius 1 is 1.32 bits per heavy atom.